The Labute approximate surface area is 120 Å². The Hall–Kier alpha value is -0.0800. The fraction of sp³-hybridized carbons (Fsp3) is 1.00. The zero-order valence-electron chi connectivity index (χ0n) is 13.6. The Morgan fingerprint density at radius 1 is 1.11 bits per heavy atom. The van der Waals surface area contributed by atoms with Gasteiger partial charge in [0.1, 0.15) is 0 Å². The molecule has 0 aliphatic heterocycles. The number of hydrogen-bond acceptors (Lipinski definition) is 2. The molecule has 19 heavy (non-hydrogen) atoms. The summed E-state index contributed by atoms with van der Waals surface area (Å²) in [6.45, 7) is 10.9. The molecule has 1 fully saturated rings. The zero-order valence-corrected chi connectivity index (χ0v) is 13.6. The van der Waals surface area contributed by atoms with Gasteiger partial charge >= 0.3 is 0 Å². The topological polar surface area (TPSA) is 21.3 Å². The van der Waals surface area contributed by atoms with Crippen molar-refractivity contribution >= 4 is 0 Å². The smallest absolute Gasteiger partial charge is 0.0730 e. The van der Waals surface area contributed by atoms with Gasteiger partial charge in [0.25, 0.3) is 0 Å². The van der Waals surface area contributed by atoms with Gasteiger partial charge in [-0.05, 0) is 38.1 Å². The van der Waals surface area contributed by atoms with E-state index in [4.69, 9.17) is 4.74 Å². The van der Waals surface area contributed by atoms with E-state index in [0.717, 1.165) is 25.0 Å². The van der Waals surface area contributed by atoms with Crippen molar-refractivity contribution in [3.05, 3.63) is 0 Å². The summed E-state index contributed by atoms with van der Waals surface area (Å²) in [5.41, 5.74) is 0. The maximum atomic E-state index is 6.08. The third kappa shape index (κ3) is 5.07. The fourth-order valence-electron chi connectivity index (χ4n) is 3.88. The van der Waals surface area contributed by atoms with Gasteiger partial charge in [-0.3, -0.25) is 0 Å². The van der Waals surface area contributed by atoms with Crippen LogP contribution in [0.15, 0.2) is 0 Å². The van der Waals surface area contributed by atoms with Gasteiger partial charge in [0.15, 0.2) is 0 Å². The molecule has 0 bridgehead atoms. The van der Waals surface area contributed by atoms with E-state index in [9.17, 15) is 0 Å². The summed E-state index contributed by atoms with van der Waals surface area (Å²) in [4.78, 5) is 0. The zero-order chi connectivity index (χ0) is 14.1. The number of likely N-dealkylation sites (N-methyl/N-ethyl adjacent to an activating group) is 1. The average Bonchev–Trinajstić information content (AvgIpc) is 2.44. The van der Waals surface area contributed by atoms with Gasteiger partial charge < -0.3 is 10.1 Å². The molecular formula is C17H35NO. The molecule has 0 aromatic rings. The largest absolute Gasteiger partial charge is 0.377 e. The monoisotopic (exact) mass is 269 g/mol. The Bertz CT molecular complexity index is 213. The minimum Gasteiger partial charge on any atom is -0.377 e. The molecule has 0 aromatic heterocycles. The molecular weight excluding hydrogens is 234 g/mol. The lowest BCUT2D eigenvalue weighted by atomic mass is 9.72. The molecule has 0 radical (unpaired) electrons. The van der Waals surface area contributed by atoms with E-state index in [1.807, 2.05) is 0 Å². The summed E-state index contributed by atoms with van der Waals surface area (Å²) in [7, 11) is 0. The van der Waals surface area contributed by atoms with Crippen LogP contribution in [0.3, 0.4) is 0 Å². The van der Waals surface area contributed by atoms with Crippen molar-refractivity contribution < 1.29 is 4.74 Å². The third-order valence-electron chi connectivity index (χ3n) is 4.75. The first kappa shape index (κ1) is 17.0. The number of nitrogens with one attached hydrogen (secondary N) is 1. The highest BCUT2D eigenvalue weighted by Crippen LogP contribution is 2.36. The van der Waals surface area contributed by atoms with Crippen molar-refractivity contribution in [3.8, 4) is 0 Å². The van der Waals surface area contributed by atoms with Crippen LogP contribution in [0, 0.1) is 11.8 Å². The van der Waals surface area contributed by atoms with E-state index in [0.29, 0.717) is 12.1 Å². The van der Waals surface area contributed by atoms with Crippen molar-refractivity contribution in [2.24, 2.45) is 11.8 Å². The molecule has 1 saturated carbocycles. The number of ether oxygens (including phenoxy) is 1. The predicted octanol–water partition coefficient (Wildman–Crippen LogP) is 4.39. The maximum absolute atomic E-state index is 6.08. The summed E-state index contributed by atoms with van der Waals surface area (Å²) >= 11 is 0. The summed E-state index contributed by atoms with van der Waals surface area (Å²) < 4.78 is 6.08. The second kappa shape index (κ2) is 9.77. The molecule has 4 unspecified atom stereocenters. The first-order chi connectivity index (χ1) is 9.28. The molecule has 4 atom stereocenters. The second-order valence-electron chi connectivity index (χ2n) is 5.98. The van der Waals surface area contributed by atoms with Crippen LogP contribution in [0.4, 0.5) is 0 Å². The SMILES string of the molecule is CCCC(OCC)C(NCC)C1CCCCC1CC. The average molecular weight is 269 g/mol. The lowest BCUT2D eigenvalue weighted by Gasteiger charge is -2.41. The fourth-order valence-corrected chi connectivity index (χ4v) is 3.88. The summed E-state index contributed by atoms with van der Waals surface area (Å²) in [6, 6.07) is 0.565. The standard InChI is InChI=1S/C17H35NO/c1-5-11-16(19-8-4)17(18-7-3)15-13-10-9-12-14(15)6-2/h14-18H,5-13H2,1-4H3. The van der Waals surface area contributed by atoms with Gasteiger partial charge in [0, 0.05) is 12.6 Å². The van der Waals surface area contributed by atoms with Crippen molar-refractivity contribution in [2.45, 2.75) is 84.8 Å². The molecule has 2 heteroatoms. The van der Waals surface area contributed by atoms with Crippen LogP contribution in [0.25, 0.3) is 0 Å². The van der Waals surface area contributed by atoms with E-state index in [-0.39, 0.29) is 0 Å². The van der Waals surface area contributed by atoms with Gasteiger partial charge in [-0.25, -0.2) is 0 Å². The second-order valence-corrected chi connectivity index (χ2v) is 5.98. The number of rotatable bonds is 9. The van der Waals surface area contributed by atoms with Crippen LogP contribution in [0.5, 0.6) is 0 Å². The highest BCUT2D eigenvalue weighted by atomic mass is 16.5. The van der Waals surface area contributed by atoms with E-state index in [1.165, 1.54) is 44.9 Å². The van der Waals surface area contributed by atoms with E-state index < -0.39 is 0 Å². The molecule has 1 N–H and O–H groups in total. The highest BCUT2D eigenvalue weighted by Gasteiger charge is 2.34. The maximum Gasteiger partial charge on any atom is 0.0730 e. The van der Waals surface area contributed by atoms with Crippen LogP contribution in [0.1, 0.15) is 72.6 Å². The van der Waals surface area contributed by atoms with Gasteiger partial charge in [0.2, 0.25) is 0 Å². The van der Waals surface area contributed by atoms with Crippen molar-refractivity contribution in [1.82, 2.24) is 5.32 Å². The Morgan fingerprint density at radius 2 is 1.84 bits per heavy atom. The Kier molecular flexibility index (Phi) is 8.72. The van der Waals surface area contributed by atoms with Crippen molar-refractivity contribution in [3.63, 3.8) is 0 Å². The van der Waals surface area contributed by atoms with E-state index in [2.05, 4.69) is 33.0 Å². The lowest BCUT2D eigenvalue weighted by Crippen LogP contribution is -2.49. The quantitative estimate of drug-likeness (QED) is 0.670. The minimum absolute atomic E-state index is 0.409. The molecule has 1 aliphatic rings. The first-order valence-electron chi connectivity index (χ1n) is 8.63. The Morgan fingerprint density at radius 3 is 2.42 bits per heavy atom. The summed E-state index contributed by atoms with van der Waals surface area (Å²) in [5, 5.41) is 3.76. The van der Waals surface area contributed by atoms with Crippen LogP contribution < -0.4 is 5.32 Å². The van der Waals surface area contributed by atoms with Crippen molar-refractivity contribution in [2.75, 3.05) is 13.2 Å². The molecule has 1 aliphatic carbocycles. The summed E-state index contributed by atoms with van der Waals surface area (Å²) in [6.07, 6.45) is 9.81. The molecule has 0 aromatic carbocycles. The van der Waals surface area contributed by atoms with Crippen LogP contribution in [-0.2, 0) is 4.74 Å². The van der Waals surface area contributed by atoms with Gasteiger partial charge in [0.05, 0.1) is 6.10 Å². The first-order valence-corrected chi connectivity index (χ1v) is 8.63. The van der Waals surface area contributed by atoms with Gasteiger partial charge in [-0.2, -0.15) is 0 Å². The molecule has 0 heterocycles. The molecule has 0 amide bonds. The molecule has 2 nitrogen and oxygen atoms in total. The Balaban J connectivity index is 2.76. The molecule has 0 spiro atoms. The van der Waals surface area contributed by atoms with Crippen LogP contribution in [0.2, 0.25) is 0 Å². The van der Waals surface area contributed by atoms with E-state index in [1.54, 1.807) is 0 Å². The predicted molar refractivity (Wildman–Crippen MR) is 83.5 cm³/mol. The third-order valence-corrected chi connectivity index (χ3v) is 4.75. The van der Waals surface area contributed by atoms with Crippen molar-refractivity contribution in [1.29, 1.82) is 0 Å². The molecule has 1 rings (SSSR count). The van der Waals surface area contributed by atoms with Gasteiger partial charge in [-0.1, -0.05) is 52.9 Å². The van der Waals surface area contributed by atoms with E-state index >= 15 is 0 Å². The minimum atomic E-state index is 0.409. The molecule has 114 valence electrons. The number of hydrogen-bond donors (Lipinski definition) is 1. The lowest BCUT2D eigenvalue weighted by molar-refractivity contribution is -0.00543. The summed E-state index contributed by atoms with van der Waals surface area (Å²) in [5.74, 6) is 1.72. The normalized spacial score (nSPS) is 27.2. The van der Waals surface area contributed by atoms with Gasteiger partial charge in [-0.15, -0.1) is 0 Å². The molecule has 0 saturated heterocycles. The van der Waals surface area contributed by atoms with Crippen LogP contribution >= 0.6 is 0 Å². The van der Waals surface area contributed by atoms with Crippen LogP contribution in [-0.4, -0.2) is 25.3 Å². The highest BCUT2D eigenvalue weighted by molar-refractivity contribution is 4.89.